The van der Waals surface area contributed by atoms with Crippen molar-refractivity contribution in [1.82, 2.24) is 4.98 Å². The number of benzene rings is 2. The SMILES string of the molecule is Cc1oc(-c2ccc(C(=O)O)cc2)nc1C[S@](=O)c1ccccc1. The van der Waals surface area contributed by atoms with Gasteiger partial charge in [-0.1, -0.05) is 18.2 Å². The van der Waals surface area contributed by atoms with Gasteiger partial charge in [0.1, 0.15) is 5.76 Å². The molecule has 6 heteroatoms. The minimum Gasteiger partial charge on any atom is -0.478 e. The molecule has 1 aromatic heterocycles. The largest absolute Gasteiger partial charge is 0.478 e. The van der Waals surface area contributed by atoms with Crippen LogP contribution in [0.5, 0.6) is 0 Å². The highest BCUT2D eigenvalue weighted by Gasteiger charge is 2.15. The first-order valence-corrected chi connectivity index (χ1v) is 8.60. The third-order valence-electron chi connectivity index (χ3n) is 3.55. The molecule has 5 nitrogen and oxygen atoms in total. The second kappa shape index (κ2) is 6.80. The van der Waals surface area contributed by atoms with E-state index in [2.05, 4.69) is 4.98 Å². The Morgan fingerprint density at radius 3 is 2.42 bits per heavy atom. The van der Waals surface area contributed by atoms with Crippen molar-refractivity contribution in [2.45, 2.75) is 17.6 Å². The lowest BCUT2D eigenvalue weighted by atomic mass is 10.1. The van der Waals surface area contributed by atoms with Crippen LogP contribution >= 0.6 is 0 Å². The molecule has 0 aliphatic rings. The van der Waals surface area contributed by atoms with Crippen LogP contribution in [0.4, 0.5) is 0 Å². The summed E-state index contributed by atoms with van der Waals surface area (Å²) >= 11 is 0. The summed E-state index contributed by atoms with van der Waals surface area (Å²) in [6.45, 7) is 1.78. The van der Waals surface area contributed by atoms with Crippen LogP contribution in [0.15, 0.2) is 63.9 Å². The van der Waals surface area contributed by atoms with Crippen LogP contribution in [0, 0.1) is 6.92 Å². The van der Waals surface area contributed by atoms with E-state index < -0.39 is 16.8 Å². The van der Waals surface area contributed by atoms with Gasteiger partial charge in [-0.3, -0.25) is 4.21 Å². The fraction of sp³-hybridized carbons (Fsp3) is 0.111. The van der Waals surface area contributed by atoms with Crippen molar-refractivity contribution in [3.63, 3.8) is 0 Å². The summed E-state index contributed by atoms with van der Waals surface area (Å²) in [7, 11) is -1.20. The summed E-state index contributed by atoms with van der Waals surface area (Å²) in [6, 6.07) is 15.5. The number of oxazole rings is 1. The Kier molecular flexibility index (Phi) is 4.57. The molecule has 122 valence electrons. The highest BCUT2D eigenvalue weighted by atomic mass is 32.2. The zero-order valence-electron chi connectivity index (χ0n) is 12.9. The third kappa shape index (κ3) is 3.44. The van der Waals surface area contributed by atoms with E-state index in [9.17, 15) is 9.00 Å². The maximum Gasteiger partial charge on any atom is 0.335 e. The van der Waals surface area contributed by atoms with Crippen molar-refractivity contribution in [3.8, 4) is 11.5 Å². The molecule has 0 saturated heterocycles. The Hall–Kier alpha value is -2.73. The van der Waals surface area contributed by atoms with Gasteiger partial charge >= 0.3 is 5.97 Å². The third-order valence-corrected chi connectivity index (χ3v) is 4.88. The second-order valence-corrected chi connectivity index (χ2v) is 6.66. The first-order valence-electron chi connectivity index (χ1n) is 7.28. The Balaban J connectivity index is 1.82. The predicted octanol–water partition coefficient (Wildman–Crippen LogP) is 3.66. The lowest BCUT2D eigenvalue weighted by Crippen LogP contribution is -1.98. The Bertz CT molecular complexity index is 885. The second-order valence-electron chi connectivity index (χ2n) is 5.21. The molecule has 3 rings (SSSR count). The lowest BCUT2D eigenvalue weighted by molar-refractivity contribution is 0.0697. The van der Waals surface area contributed by atoms with E-state index in [1.165, 1.54) is 12.1 Å². The van der Waals surface area contributed by atoms with E-state index in [-0.39, 0.29) is 11.3 Å². The summed E-state index contributed by atoms with van der Waals surface area (Å²) < 4.78 is 18.0. The maximum atomic E-state index is 12.4. The molecule has 0 saturated carbocycles. The number of hydrogen-bond acceptors (Lipinski definition) is 4. The van der Waals surface area contributed by atoms with Crippen LogP contribution in [0.25, 0.3) is 11.5 Å². The van der Waals surface area contributed by atoms with E-state index in [1.54, 1.807) is 19.1 Å². The lowest BCUT2D eigenvalue weighted by Gasteiger charge is -1.99. The molecule has 1 atom stereocenters. The van der Waals surface area contributed by atoms with E-state index in [0.29, 0.717) is 22.9 Å². The molecular formula is C18H15NO4S. The fourth-order valence-corrected chi connectivity index (χ4v) is 3.36. The number of carbonyl (C=O) groups is 1. The molecule has 2 aromatic carbocycles. The molecular weight excluding hydrogens is 326 g/mol. The average molecular weight is 341 g/mol. The maximum absolute atomic E-state index is 12.4. The van der Waals surface area contributed by atoms with Crippen molar-refractivity contribution < 1.29 is 18.5 Å². The molecule has 1 N–H and O–H groups in total. The Morgan fingerprint density at radius 1 is 1.12 bits per heavy atom. The molecule has 0 radical (unpaired) electrons. The molecule has 0 unspecified atom stereocenters. The van der Waals surface area contributed by atoms with Crippen molar-refractivity contribution in [1.29, 1.82) is 0 Å². The molecule has 0 aliphatic heterocycles. The normalized spacial score (nSPS) is 12.0. The van der Waals surface area contributed by atoms with Crippen molar-refractivity contribution >= 4 is 16.8 Å². The van der Waals surface area contributed by atoms with Crippen LogP contribution < -0.4 is 0 Å². The minimum atomic E-state index is -1.20. The van der Waals surface area contributed by atoms with E-state index in [1.807, 2.05) is 30.3 Å². The molecule has 3 aromatic rings. The first-order chi connectivity index (χ1) is 11.5. The summed E-state index contributed by atoms with van der Waals surface area (Å²) in [4.78, 5) is 16.0. The smallest absolute Gasteiger partial charge is 0.335 e. The van der Waals surface area contributed by atoms with Gasteiger partial charge in [0.05, 0.1) is 27.8 Å². The summed E-state index contributed by atoms with van der Waals surface area (Å²) in [5, 5.41) is 8.93. The van der Waals surface area contributed by atoms with Crippen molar-refractivity contribution in [2.24, 2.45) is 0 Å². The number of rotatable bonds is 5. The number of hydrogen-bond donors (Lipinski definition) is 1. The fourth-order valence-electron chi connectivity index (χ4n) is 2.22. The van der Waals surface area contributed by atoms with E-state index in [4.69, 9.17) is 9.52 Å². The highest BCUT2D eigenvalue weighted by molar-refractivity contribution is 7.84. The van der Waals surface area contributed by atoms with Gasteiger partial charge < -0.3 is 9.52 Å². The van der Waals surface area contributed by atoms with Gasteiger partial charge in [0.15, 0.2) is 0 Å². The van der Waals surface area contributed by atoms with Gasteiger partial charge in [-0.25, -0.2) is 9.78 Å². The van der Waals surface area contributed by atoms with Crippen molar-refractivity contribution in [3.05, 3.63) is 71.6 Å². The number of nitrogens with zero attached hydrogens (tertiary/aromatic N) is 1. The Morgan fingerprint density at radius 2 is 1.79 bits per heavy atom. The summed E-state index contributed by atoms with van der Waals surface area (Å²) in [5.74, 6) is 0.289. The highest BCUT2D eigenvalue weighted by Crippen LogP contribution is 2.24. The van der Waals surface area contributed by atoms with Crippen LogP contribution in [-0.4, -0.2) is 20.3 Å². The first kappa shape index (κ1) is 16.1. The van der Waals surface area contributed by atoms with Crippen LogP contribution in [0.3, 0.4) is 0 Å². The van der Waals surface area contributed by atoms with Gasteiger partial charge in [-0.2, -0.15) is 0 Å². The van der Waals surface area contributed by atoms with Gasteiger partial charge in [0.25, 0.3) is 0 Å². The molecule has 0 spiro atoms. The minimum absolute atomic E-state index is 0.201. The van der Waals surface area contributed by atoms with Crippen molar-refractivity contribution in [2.75, 3.05) is 0 Å². The molecule has 1 heterocycles. The van der Waals surface area contributed by atoms with Gasteiger partial charge in [0, 0.05) is 10.5 Å². The van der Waals surface area contributed by atoms with Gasteiger partial charge in [-0.15, -0.1) is 0 Å². The monoisotopic (exact) mass is 341 g/mol. The van der Waals surface area contributed by atoms with Crippen LogP contribution in [0.1, 0.15) is 21.8 Å². The molecule has 0 aliphatic carbocycles. The predicted molar refractivity (Wildman–Crippen MR) is 90.2 cm³/mol. The zero-order valence-corrected chi connectivity index (χ0v) is 13.7. The molecule has 0 fully saturated rings. The summed E-state index contributed by atoms with van der Waals surface area (Å²) in [6.07, 6.45) is 0. The number of aromatic carboxylic acids is 1. The number of carboxylic acids is 1. The summed E-state index contributed by atoms with van der Waals surface area (Å²) in [5.41, 5.74) is 1.52. The van der Waals surface area contributed by atoms with E-state index in [0.717, 1.165) is 4.90 Å². The number of aryl methyl sites for hydroxylation is 1. The van der Waals surface area contributed by atoms with E-state index >= 15 is 0 Å². The topological polar surface area (TPSA) is 80.4 Å². The number of aromatic nitrogens is 1. The molecule has 24 heavy (non-hydrogen) atoms. The van der Waals surface area contributed by atoms with Gasteiger partial charge in [0.2, 0.25) is 5.89 Å². The molecule has 0 amide bonds. The zero-order chi connectivity index (χ0) is 17.1. The standard InChI is InChI=1S/C18H15NO4S/c1-12-16(11-24(22)15-5-3-2-4-6-15)19-17(23-12)13-7-9-14(10-8-13)18(20)21/h2-10H,11H2,1H3,(H,20,21)/t24-/m0/s1. The van der Waals surface area contributed by atoms with Crippen LogP contribution in [0.2, 0.25) is 0 Å². The number of carboxylic acid groups (broad SMARTS) is 1. The quantitative estimate of drug-likeness (QED) is 0.766. The van der Waals surface area contributed by atoms with Crippen LogP contribution in [-0.2, 0) is 16.6 Å². The average Bonchev–Trinajstić information content (AvgIpc) is 2.96. The van der Waals surface area contributed by atoms with Gasteiger partial charge in [-0.05, 0) is 43.3 Å². The molecule has 0 bridgehead atoms. The Labute approximate surface area is 141 Å².